The Morgan fingerprint density at radius 2 is 2.23 bits per heavy atom. The summed E-state index contributed by atoms with van der Waals surface area (Å²) in [5.41, 5.74) is 0.779. The number of pyridine rings is 1. The molecule has 1 aliphatic carbocycles. The van der Waals surface area contributed by atoms with Crippen LogP contribution in [0.4, 0.5) is 0 Å². The number of ether oxygens (including phenoxy) is 1. The zero-order valence-electron chi connectivity index (χ0n) is 14.3. The summed E-state index contributed by atoms with van der Waals surface area (Å²) in [5, 5.41) is 10.3. The van der Waals surface area contributed by atoms with Gasteiger partial charge in [0.2, 0.25) is 17.7 Å². The molecule has 136 valence electrons. The molecule has 2 aromatic heterocycles. The second-order valence-corrected chi connectivity index (χ2v) is 6.43. The zero-order chi connectivity index (χ0) is 18.1. The highest BCUT2D eigenvalue weighted by molar-refractivity contribution is 5.86. The van der Waals surface area contributed by atoms with Gasteiger partial charge in [-0.3, -0.25) is 14.6 Å². The zero-order valence-corrected chi connectivity index (χ0v) is 14.3. The van der Waals surface area contributed by atoms with E-state index in [1.54, 1.807) is 30.3 Å². The van der Waals surface area contributed by atoms with Crippen molar-refractivity contribution in [3.8, 4) is 0 Å². The Hall–Kier alpha value is -2.81. The van der Waals surface area contributed by atoms with Gasteiger partial charge >= 0.3 is 0 Å². The minimum Gasteiger partial charge on any atom is -0.424 e. The van der Waals surface area contributed by atoms with Crippen molar-refractivity contribution in [3.05, 3.63) is 41.9 Å². The molecule has 0 unspecified atom stereocenters. The lowest BCUT2D eigenvalue weighted by Crippen LogP contribution is -2.55. The largest absolute Gasteiger partial charge is 0.424 e. The number of aromatic nitrogens is 3. The number of rotatable bonds is 5. The van der Waals surface area contributed by atoms with Crippen LogP contribution in [0, 0.1) is 6.92 Å². The summed E-state index contributed by atoms with van der Waals surface area (Å²) in [5.74, 6) is 0.326. The Labute approximate surface area is 149 Å². The standard InChI is InChI=1S/C17H19N5O4/c1-10-20-21-13(26-10)8-19-17(24)16-15(11-3-2-6-18-7-11)22(12-4-5-12)14(23)9-25-16/h2-3,6-7,12,15-16H,4-5,8-9H2,1H3,(H,19,24)/t15-,16+/m1/s1. The number of morpholine rings is 1. The van der Waals surface area contributed by atoms with E-state index in [4.69, 9.17) is 9.15 Å². The molecule has 9 nitrogen and oxygen atoms in total. The summed E-state index contributed by atoms with van der Waals surface area (Å²) in [6, 6.07) is 3.30. The summed E-state index contributed by atoms with van der Waals surface area (Å²) in [7, 11) is 0. The number of carbonyl (C=O) groups excluding carboxylic acids is 2. The quantitative estimate of drug-likeness (QED) is 0.830. The number of hydrogen-bond donors (Lipinski definition) is 1. The third-order valence-corrected chi connectivity index (χ3v) is 4.47. The van der Waals surface area contributed by atoms with Gasteiger partial charge in [0.05, 0.1) is 12.6 Å². The fourth-order valence-electron chi connectivity index (χ4n) is 3.19. The molecule has 4 rings (SSSR count). The molecule has 26 heavy (non-hydrogen) atoms. The Bertz CT molecular complexity index is 804. The second-order valence-electron chi connectivity index (χ2n) is 6.43. The molecule has 0 radical (unpaired) electrons. The van der Waals surface area contributed by atoms with Crippen molar-refractivity contribution in [1.82, 2.24) is 25.4 Å². The Kier molecular flexibility index (Phi) is 4.37. The summed E-state index contributed by atoms with van der Waals surface area (Å²) in [6.45, 7) is 1.68. The van der Waals surface area contributed by atoms with E-state index in [1.165, 1.54) is 0 Å². The van der Waals surface area contributed by atoms with Crippen LogP contribution < -0.4 is 5.32 Å². The molecule has 2 aliphatic rings. The van der Waals surface area contributed by atoms with Gasteiger partial charge in [-0.05, 0) is 24.5 Å². The van der Waals surface area contributed by atoms with Gasteiger partial charge in [0.15, 0.2) is 6.10 Å². The predicted molar refractivity (Wildman–Crippen MR) is 87.5 cm³/mol. The van der Waals surface area contributed by atoms with Crippen molar-refractivity contribution in [2.45, 2.75) is 44.5 Å². The predicted octanol–water partition coefficient (Wildman–Crippen LogP) is 0.520. The van der Waals surface area contributed by atoms with Crippen molar-refractivity contribution in [2.24, 2.45) is 0 Å². The molecule has 2 amide bonds. The molecule has 1 N–H and O–H groups in total. The molecule has 0 aromatic carbocycles. The molecular formula is C17H19N5O4. The number of amides is 2. The van der Waals surface area contributed by atoms with Crippen molar-refractivity contribution >= 4 is 11.8 Å². The lowest BCUT2D eigenvalue weighted by molar-refractivity contribution is -0.165. The average molecular weight is 357 g/mol. The Morgan fingerprint density at radius 1 is 1.38 bits per heavy atom. The first-order valence-electron chi connectivity index (χ1n) is 8.53. The monoisotopic (exact) mass is 357 g/mol. The van der Waals surface area contributed by atoms with Gasteiger partial charge in [-0.2, -0.15) is 0 Å². The van der Waals surface area contributed by atoms with Crippen LogP contribution in [0.15, 0.2) is 28.9 Å². The molecule has 3 heterocycles. The van der Waals surface area contributed by atoms with E-state index < -0.39 is 12.1 Å². The minimum atomic E-state index is -0.818. The second kappa shape index (κ2) is 6.83. The highest BCUT2D eigenvalue weighted by Crippen LogP contribution is 2.39. The highest BCUT2D eigenvalue weighted by atomic mass is 16.5. The maximum absolute atomic E-state index is 12.8. The van der Waals surface area contributed by atoms with E-state index in [2.05, 4.69) is 20.5 Å². The van der Waals surface area contributed by atoms with E-state index >= 15 is 0 Å². The van der Waals surface area contributed by atoms with Gasteiger partial charge in [-0.25, -0.2) is 0 Å². The van der Waals surface area contributed by atoms with Crippen LogP contribution in [0.5, 0.6) is 0 Å². The fraction of sp³-hybridized carbons (Fsp3) is 0.471. The molecule has 1 aliphatic heterocycles. The van der Waals surface area contributed by atoms with Gasteiger partial charge in [-0.1, -0.05) is 6.07 Å². The van der Waals surface area contributed by atoms with Crippen LogP contribution in [-0.4, -0.2) is 50.6 Å². The maximum Gasteiger partial charge on any atom is 0.252 e. The first-order valence-corrected chi connectivity index (χ1v) is 8.53. The van der Waals surface area contributed by atoms with Crippen molar-refractivity contribution in [1.29, 1.82) is 0 Å². The molecule has 1 saturated carbocycles. The maximum atomic E-state index is 12.8. The van der Waals surface area contributed by atoms with Crippen molar-refractivity contribution in [2.75, 3.05) is 6.61 Å². The lowest BCUT2D eigenvalue weighted by atomic mass is 9.98. The molecule has 0 bridgehead atoms. The molecular weight excluding hydrogens is 338 g/mol. The molecule has 2 fully saturated rings. The van der Waals surface area contributed by atoms with Crippen LogP contribution in [0.3, 0.4) is 0 Å². The summed E-state index contributed by atoms with van der Waals surface area (Å²) < 4.78 is 10.9. The summed E-state index contributed by atoms with van der Waals surface area (Å²) in [6.07, 6.45) is 4.39. The highest BCUT2D eigenvalue weighted by Gasteiger charge is 2.47. The number of carbonyl (C=O) groups is 2. The van der Waals surface area contributed by atoms with E-state index in [9.17, 15) is 9.59 Å². The van der Waals surface area contributed by atoms with Gasteiger partial charge in [0.1, 0.15) is 6.61 Å². The Morgan fingerprint density at radius 3 is 2.88 bits per heavy atom. The lowest BCUT2D eigenvalue weighted by Gasteiger charge is -2.40. The third-order valence-electron chi connectivity index (χ3n) is 4.47. The summed E-state index contributed by atoms with van der Waals surface area (Å²) in [4.78, 5) is 31.1. The molecule has 2 aromatic rings. The molecule has 0 spiro atoms. The number of hydrogen-bond acceptors (Lipinski definition) is 7. The summed E-state index contributed by atoms with van der Waals surface area (Å²) >= 11 is 0. The normalized spacial score (nSPS) is 23.1. The SMILES string of the molecule is Cc1nnc(CNC(=O)[C@H]2OCC(=O)N(C3CC3)[C@@H]2c2cccnc2)o1. The average Bonchev–Trinajstić information content (AvgIpc) is 3.41. The first kappa shape index (κ1) is 16.6. The van der Waals surface area contributed by atoms with Crippen LogP contribution in [0.1, 0.15) is 36.2 Å². The van der Waals surface area contributed by atoms with Crippen LogP contribution >= 0.6 is 0 Å². The van der Waals surface area contributed by atoms with Gasteiger partial charge < -0.3 is 19.4 Å². The first-order chi connectivity index (χ1) is 12.6. The molecule has 9 heteroatoms. The third kappa shape index (κ3) is 3.30. The van der Waals surface area contributed by atoms with Crippen LogP contribution in [0.2, 0.25) is 0 Å². The van der Waals surface area contributed by atoms with Crippen molar-refractivity contribution in [3.63, 3.8) is 0 Å². The minimum absolute atomic E-state index is 0.0991. The van der Waals surface area contributed by atoms with E-state index in [0.29, 0.717) is 11.8 Å². The van der Waals surface area contributed by atoms with Crippen molar-refractivity contribution < 1.29 is 18.7 Å². The van der Waals surface area contributed by atoms with Gasteiger partial charge in [0, 0.05) is 25.4 Å². The van der Waals surface area contributed by atoms with Crippen LogP contribution in [-0.2, 0) is 20.9 Å². The molecule has 2 atom stereocenters. The Balaban J connectivity index is 1.55. The topological polar surface area (TPSA) is 110 Å². The van der Waals surface area contributed by atoms with Crippen LogP contribution in [0.25, 0.3) is 0 Å². The van der Waals surface area contributed by atoms with E-state index in [-0.39, 0.29) is 31.0 Å². The smallest absolute Gasteiger partial charge is 0.252 e. The number of nitrogens with one attached hydrogen (secondary N) is 1. The molecule has 1 saturated heterocycles. The number of aryl methyl sites for hydroxylation is 1. The van der Waals surface area contributed by atoms with E-state index in [0.717, 1.165) is 18.4 Å². The van der Waals surface area contributed by atoms with Gasteiger partial charge in [0.25, 0.3) is 5.91 Å². The number of nitrogens with zero attached hydrogens (tertiary/aromatic N) is 4. The fourth-order valence-corrected chi connectivity index (χ4v) is 3.19. The van der Waals surface area contributed by atoms with Gasteiger partial charge in [-0.15, -0.1) is 10.2 Å². The van der Waals surface area contributed by atoms with E-state index in [1.807, 2.05) is 6.07 Å².